The van der Waals surface area contributed by atoms with Gasteiger partial charge in [-0.1, -0.05) is 44.2 Å². The molecule has 1 saturated heterocycles. The Labute approximate surface area is 241 Å². The molecule has 1 aliphatic carbocycles. The highest BCUT2D eigenvalue weighted by atomic mass is 32.1. The Morgan fingerprint density at radius 3 is 2.67 bits per heavy atom. The number of aryl methyl sites for hydroxylation is 1. The van der Waals surface area contributed by atoms with Crippen LogP contribution in [0.15, 0.2) is 30.3 Å². The second-order valence-electron chi connectivity index (χ2n) is 12.5. The van der Waals surface area contributed by atoms with E-state index >= 15 is 0 Å². The number of nitrogens with one attached hydrogen (secondary N) is 2. The molecule has 2 N–H and O–H groups in total. The second kappa shape index (κ2) is 11.9. The van der Waals surface area contributed by atoms with Gasteiger partial charge in [-0.25, -0.2) is 9.97 Å². The maximum Gasteiger partial charge on any atom is 0.280 e. The Hall–Kier alpha value is -2.88. The first-order chi connectivity index (χ1) is 19.1. The van der Waals surface area contributed by atoms with Gasteiger partial charge in [-0.3, -0.25) is 9.59 Å². The smallest absolute Gasteiger partial charge is 0.280 e. The highest BCUT2D eigenvalue weighted by Gasteiger charge is 2.30. The number of rotatable bonds is 7. The standard InChI is InChI=1S/C31H42N6O2S/c1-31(2,3)23-9-10-24-22(18-23)19-26-28(34-24)40-29(35-26)27(38)33-25(11-14-36(4)5)20-7-6-8-21(17-20)30(39)37-15-12-32-13-16-37/h6-8,17,19,23,25,32H,9-16,18H2,1-5H3,(H,33,38)/t23-,25?/m0/s1. The van der Waals surface area contributed by atoms with Gasteiger partial charge < -0.3 is 20.4 Å². The molecule has 0 saturated carbocycles. The Kier molecular flexibility index (Phi) is 8.54. The van der Waals surface area contributed by atoms with Crippen LogP contribution in [-0.4, -0.2) is 78.4 Å². The van der Waals surface area contributed by atoms with E-state index in [4.69, 9.17) is 9.97 Å². The lowest BCUT2D eigenvalue weighted by Crippen LogP contribution is -2.46. The van der Waals surface area contributed by atoms with Crippen LogP contribution in [0, 0.1) is 11.3 Å². The first-order valence-corrected chi connectivity index (χ1v) is 15.2. The van der Waals surface area contributed by atoms with Crippen LogP contribution in [0.25, 0.3) is 10.3 Å². The molecular formula is C31H42N6O2S. The van der Waals surface area contributed by atoms with Crippen molar-refractivity contribution in [3.8, 4) is 0 Å². The van der Waals surface area contributed by atoms with E-state index in [0.717, 1.165) is 66.9 Å². The van der Waals surface area contributed by atoms with Gasteiger partial charge in [0, 0.05) is 37.4 Å². The number of piperazine rings is 1. The molecule has 2 aromatic heterocycles. The minimum absolute atomic E-state index is 0.0379. The van der Waals surface area contributed by atoms with E-state index in [-0.39, 0.29) is 23.3 Å². The first-order valence-electron chi connectivity index (χ1n) is 14.4. The van der Waals surface area contributed by atoms with Crippen LogP contribution in [0.1, 0.15) is 76.6 Å². The van der Waals surface area contributed by atoms with Crippen molar-refractivity contribution in [2.24, 2.45) is 11.3 Å². The van der Waals surface area contributed by atoms with Crippen molar-refractivity contribution >= 4 is 33.5 Å². The highest BCUT2D eigenvalue weighted by molar-refractivity contribution is 7.19. The van der Waals surface area contributed by atoms with E-state index in [1.165, 1.54) is 16.9 Å². The highest BCUT2D eigenvalue weighted by Crippen LogP contribution is 2.38. The fourth-order valence-electron chi connectivity index (χ4n) is 5.72. The summed E-state index contributed by atoms with van der Waals surface area (Å²) >= 11 is 1.36. The summed E-state index contributed by atoms with van der Waals surface area (Å²) < 4.78 is 0. The number of hydrogen-bond acceptors (Lipinski definition) is 7. The van der Waals surface area contributed by atoms with Crippen molar-refractivity contribution in [1.82, 2.24) is 30.4 Å². The van der Waals surface area contributed by atoms with Crippen LogP contribution in [0.4, 0.5) is 0 Å². The van der Waals surface area contributed by atoms with Gasteiger partial charge in [0.15, 0.2) is 5.01 Å². The van der Waals surface area contributed by atoms with Crippen molar-refractivity contribution in [3.63, 3.8) is 0 Å². The van der Waals surface area contributed by atoms with E-state index in [2.05, 4.69) is 42.4 Å². The molecule has 40 heavy (non-hydrogen) atoms. The number of aromatic nitrogens is 2. The summed E-state index contributed by atoms with van der Waals surface area (Å²) in [4.78, 5) is 41.2. The zero-order valence-corrected chi connectivity index (χ0v) is 25.2. The monoisotopic (exact) mass is 562 g/mol. The molecule has 0 bridgehead atoms. The Balaban J connectivity index is 1.36. The molecule has 8 nitrogen and oxygen atoms in total. The van der Waals surface area contributed by atoms with E-state index < -0.39 is 0 Å². The predicted molar refractivity (Wildman–Crippen MR) is 161 cm³/mol. The van der Waals surface area contributed by atoms with Gasteiger partial charge >= 0.3 is 0 Å². The third kappa shape index (κ3) is 6.53. The van der Waals surface area contributed by atoms with Crippen molar-refractivity contribution in [3.05, 3.63) is 57.7 Å². The van der Waals surface area contributed by atoms with Gasteiger partial charge in [0.2, 0.25) is 0 Å². The molecule has 3 aromatic rings. The Bertz CT molecular complexity index is 1370. The van der Waals surface area contributed by atoms with Gasteiger partial charge in [0.1, 0.15) is 10.3 Å². The molecule has 1 unspecified atom stereocenters. The molecule has 9 heteroatoms. The maximum absolute atomic E-state index is 13.5. The van der Waals surface area contributed by atoms with Gasteiger partial charge in [-0.2, -0.15) is 0 Å². The summed E-state index contributed by atoms with van der Waals surface area (Å²) in [7, 11) is 4.04. The molecule has 1 aliphatic heterocycles. The fraction of sp³-hybridized carbons (Fsp3) is 0.548. The van der Waals surface area contributed by atoms with Crippen LogP contribution >= 0.6 is 11.3 Å². The number of thiazole rings is 1. The molecule has 2 amide bonds. The van der Waals surface area contributed by atoms with Crippen LogP contribution in [0.3, 0.4) is 0 Å². The second-order valence-corrected chi connectivity index (χ2v) is 13.5. The number of carbonyl (C=O) groups is 2. The van der Waals surface area contributed by atoms with Crippen molar-refractivity contribution in [1.29, 1.82) is 0 Å². The molecule has 1 aromatic carbocycles. The number of hydrogen-bond donors (Lipinski definition) is 2. The van der Waals surface area contributed by atoms with Crippen molar-refractivity contribution in [2.45, 2.75) is 52.5 Å². The third-order valence-electron chi connectivity index (χ3n) is 8.28. The predicted octanol–water partition coefficient (Wildman–Crippen LogP) is 4.31. The lowest BCUT2D eigenvalue weighted by Gasteiger charge is -2.34. The molecule has 2 atom stereocenters. The van der Waals surface area contributed by atoms with E-state index in [9.17, 15) is 9.59 Å². The van der Waals surface area contributed by atoms with Gasteiger partial charge in [-0.05, 0) is 87.0 Å². The number of fused-ring (bicyclic) bond motifs is 2. The molecular weight excluding hydrogens is 520 g/mol. The van der Waals surface area contributed by atoms with E-state index in [1.54, 1.807) is 0 Å². The largest absolute Gasteiger partial charge is 0.343 e. The number of amides is 2. The molecule has 1 fully saturated rings. The van der Waals surface area contributed by atoms with Gasteiger partial charge in [-0.15, -0.1) is 0 Å². The SMILES string of the molecule is CN(C)CCC(NC(=O)c1nc2cc3c(nc2s1)CC[C@H](C(C)(C)C)C3)c1cccc(C(=O)N2CCNCC2)c1. The molecule has 0 radical (unpaired) electrons. The minimum atomic E-state index is -0.244. The number of carbonyl (C=O) groups excluding carboxylic acids is 2. The van der Waals surface area contributed by atoms with Crippen LogP contribution in [0.2, 0.25) is 0 Å². The number of benzene rings is 1. The zero-order valence-electron chi connectivity index (χ0n) is 24.4. The summed E-state index contributed by atoms with van der Waals surface area (Å²) in [6.45, 7) is 10.7. The Morgan fingerprint density at radius 2 is 1.95 bits per heavy atom. The molecule has 214 valence electrons. The topological polar surface area (TPSA) is 90.5 Å². The fourth-order valence-corrected chi connectivity index (χ4v) is 6.56. The number of pyridine rings is 1. The summed E-state index contributed by atoms with van der Waals surface area (Å²) in [6, 6.07) is 9.61. The summed E-state index contributed by atoms with van der Waals surface area (Å²) in [6.07, 6.45) is 3.85. The van der Waals surface area contributed by atoms with Crippen LogP contribution in [0.5, 0.6) is 0 Å². The minimum Gasteiger partial charge on any atom is -0.343 e. The van der Waals surface area contributed by atoms with Crippen LogP contribution < -0.4 is 10.6 Å². The normalized spacial score (nSPS) is 18.6. The lowest BCUT2D eigenvalue weighted by atomic mass is 9.71. The molecule has 2 aliphatic rings. The molecule has 5 rings (SSSR count). The lowest BCUT2D eigenvalue weighted by molar-refractivity contribution is 0.0735. The Morgan fingerprint density at radius 1 is 1.18 bits per heavy atom. The van der Waals surface area contributed by atoms with Gasteiger partial charge in [0.05, 0.1) is 6.04 Å². The van der Waals surface area contributed by atoms with E-state index in [1.807, 2.05) is 43.3 Å². The number of nitrogens with zero attached hydrogens (tertiary/aromatic N) is 4. The average molecular weight is 563 g/mol. The quantitative estimate of drug-likeness (QED) is 0.446. The summed E-state index contributed by atoms with van der Waals surface area (Å²) in [5.41, 5.74) is 5.07. The van der Waals surface area contributed by atoms with Crippen molar-refractivity contribution < 1.29 is 9.59 Å². The average Bonchev–Trinajstić information content (AvgIpc) is 3.36. The van der Waals surface area contributed by atoms with E-state index in [0.29, 0.717) is 29.6 Å². The van der Waals surface area contributed by atoms with Crippen LogP contribution in [-0.2, 0) is 12.8 Å². The summed E-state index contributed by atoms with van der Waals surface area (Å²) in [5, 5.41) is 6.95. The van der Waals surface area contributed by atoms with Gasteiger partial charge in [0.25, 0.3) is 11.8 Å². The summed E-state index contributed by atoms with van der Waals surface area (Å²) in [5.74, 6) is 0.458. The maximum atomic E-state index is 13.5. The molecule has 3 heterocycles. The molecule has 0 spiro atoms. The zero-order chi connectivity index (χ0) is 28.4. The third-order valence-corrected chi connectivity index (χ3v) is 9.24. The first kappa shape index (κ1) is 28.6. The van der Waals surface area contributed by atoms with Crippen molar-refractivity contribution in [2.75, 3.05) is 46.8 Å².